The van der Waals surface area contributed by atoms with E-state index in [1.165, 1.54) is 0 Å². The summed E-state index contributed by atoms with van der Waals surface area (Å²) >= 11 is 7.37. The van der Waals surface area contributed by atoms with E-state index in [-0.39, 0.29) is 0 Å². The zero-order valence-electron chi connectivity index (χ0n) is 8.33. The number of aromatic nitrogens is 1. The summed E-state index contributed by atoms with van der Waals surface area (Å²) in [5, 5.41) is 2.56. The monoisotopic (exact) mass is 238 g/mol. The zero-order chi connectivity index (χ0) is 10.8. The first-order chi connectivity index (χ1) is 7.20. The van der Waals surface area contributed by atoms with Crippen LogP contribution in [0.25, 0.3) is 11.3 Å². The van der Waals surface area contributed by atoms with Gasteiger partial charge < -0.3 is 5.73 Å². The molecule has 0 bridgehead atoms. The predicted molar refractivity (Wildman–Crippen MR) is 66.4 cm³/mol. The van der Waals surface area contributed by atoms with Crippen LogP contribution in [0.4, 0.5) is 5.00 Å². The second-order valence-corrected chi connectivity index (χ2v) is 4.73. The van der Waals surface area contributed by atoms with Gasteiger partial charge >= 0.3 is 0 Å². The first-order valence-corrected chi connectivity index (χ1v) is 5.91. The Morgan fingerprint density at radius 3 is 2.53 bits per heavy atom. The summed E-state index contributed by atoms with van der Waals surface area (Å²) in [6, 6.07) is 7.57. The van der Waals surface area contributed by atoms with Gasteiger partial charge in [0, 0.05) is 10.6 Å². The highest BCUT2D eigenvalue weighted by molar-refractivity contribution is 7.16. The maximum absolute atomic E-state index is 5.91. The molecule has 0 aliphatic heterocycles. The third-order valence-corrected chi connectivity index (χ3v) is 3.40. The summed E-state index contributed by atoms with van der Waals surface area (Å²) < 4.78 is 0. The number of rotatable bonds is 2. The standard InChI is InChI=1S/C11H11ClN2S/c1-2-9-14-10(11(13)15-9)7-3-5-8(12)6-4-7/h3-6H,2,13H2,1H3. The Morgan fingerprint density at radius 2 is 2.00 bits per heavy atom. The van der Waals surface area contributed by atoms with Gasteiger partial charge in [-0.1, -0.05) is 30.7 Å². The van der Waals surface area contributed by atoms with Crippen molar-refractivity contribution >= 4 is 27.9 Å². The molecule has 1 aromatic carbocycles. The number of halogens is 1. The van der Waals surface area contributed by atoms with Crippen LogP contribution in [0.3, 0.4) is 0 Å². The maximum Gasteiger partial charge on any atom is 0.114 e. The smallest absolute Gasteiger partial charge is 0.114 e. The van der Waals surface area contributed by atoms with Gasteiger partial charge in [-0.15, -0.1) is 11.3 Å². The largest absolute Gasteiger partial charge is 0.389 e. The Balaban J connectivity index is 2.44. The van der Waals surface area contributed by atoms with Gasteiger partial charge in [-0.3, -0.25) is 0 Å². The second kappa shape index (κ2) is 4.21. The van der Waals surface area contributed by atoms with Crippen molar-refractivity contribution in [1.82, 2.24) is 4.98 Å². The average Bonchev–Trinajstić information content (AvgIpc) is 2.61. The molecule has 4 heteroatoms. The van der Waals surface area contributed by atoms with Crippen LogP contribution in [-0.2, 0) is 6.42 Å². The number of nitrogens with zero attached hydrogens (tertiary/aromatic N) is 1. The number of aryl methyl sites for hydroxylation is 1. The number of hydrogen-bond donors (Lipinski definition) is 1. The molecule has 2 nitrogen and oxygen atoms in total. The van der Waals surface area contributed by atoms with Crippen LogP contribution in [0, 0.1) is 0 Å². The minimum atomic E-state index is 0.725. The van der Waals surface area contributed by atoms with Crippen molar-refractivity contribution in [2.24, 2.45) is 0 Å². The normalized spacial score (nSPS) is 10.5. The lowest BCUT2D eigenvalue weighted by Gasteiger charge is -1.97. The highest BCUT2D eigenvalue weighted by Crippen LogP contribution is 2.31. The van der Waals surface area contributed by atoms with Crippen molar-refractivity contribution < 1.29 is 0 Å². The molecule has 0 fully saturated rings. The van der Waals surface area contributed by atoms with Crippen molar-refractivity contribution in [3.8, 4) is 11.3 Å². The van der Waals surface area contributed by atoms with Crippen molar-refractivity contribution in [2.45, 2.75) is 13.3 Å². The van der Waals surface area contributed by atoms with E-state index in [0.717, 1.165) is 32.7 Å². The predicted octanol–water partition coefficient (Wildman–Crippen LogP) is 3.61. The Labute approximate surface area is 97.7 Å². The summed E-state index contributed by atoms with van der Waals surface area (Å²) in [7, 11) is 0. The molecule has 0 aliphatic rings. The van der Waals surface area contributed by atoms with E-state index in [2.05, 4.69) is 11.9 Å². The number of nitrogens with two attached hydrogens (primary N) is 1. The molecule has 0 spiro atoms. The summed E-state index contributed by atoms with van der Waals surface area (Å²) in [6.45, 7) is 2.07. The van der Waals surface area contributed by atoms with Crippen LogP contribution in [0.5, 0.6) is 0 Å². The lowest BCUT2D eigenvalue weighted by atomic mass is 10.2. The fourth-order valence-electron chi connectivity index (χ4n) is 1.34. The van der Waals surface area contributed by atoms with Gasteiger partial charge in [0.1, 0.15) is 10.7 Å². The number of benzene rings is 1. The molecule has 2 rings (SSSR count). The molecule has 0 aliphatic carbocycles. The van der Waals surface area contributed by atoms with Gasteiger partial charge in [-0.2, -0.15) is 0 Å². The molecular weight excluding hydrogens is 228 g/mol. The van der Waals surface area contributed by atoms with Crippen LogP contribution in [0.15, 0.2) is 24.3 Å². The summed E-state index contributed by atoms with van der Waals surface area (Å²) in [6.07, 6.45) is 0.919. The van der Waals surface area contributed by atoms with Gasteiger partial charge in [0.25, 0.3) is 0 Å². The molecule has 78 valence electrons. The van der Waals surface area contributed by atoms with E-state index in [0.29, 0.717) is 0 Å². The minimum Gasteiger partial charge on any atom is -0.389 e. The van der Waals surface area contributed by atoms with Crippen LogP contribution in [0.1, 0.15) is 11.9 Å². The van der Waals surface area contributed by atoms with Crippen LogP contribution < -0.4 is 5.73 Å². The Bertz CT molecular complexity index is 462. The van der Waals surface area contributed by atoms with E-state index in [1.54, 1.807) is 11.3 Å². The minimum absolute atomic E-state index is 0.725. The first-order valence-electron chi connectivity index (χ1n) is 4.72. The number of thiazole rings is 1. The summed E-state index contributed by atoms with van der Waals surface area (Å²) in [4.78, 5) is 4.48. The molecule has 2 N–H and O–H groups in total. The number of nitrogen functional groups attached to an aromatic ring is 1. The molecule has 0 saturated carbocycles. The molecule has 1 aromatic heterocycles. The summed E-state index contributed by atoms with van der Waals surface area (Å²) in [5.41, 5.74) is 7.80. The van der Waals surface area contributed by atoms with Crippen molar-refractivity contribution in [2.75, 3.05) is 5.73 Å². The molecule has 0 atom stereocenters. The summed E-state index contributed by atoms with van der Waals surface area (Å²) in [5.74, 6) is 0. The van der Waals surface area contributed by atoms with Crippen LogP contribution in [-0.4, -0.2) is 4.98 Å². The number of anilines is 1. The van der Waals surface area contributed by atoms with E-state index in [1.807, 2.05) is 24.3 Å². The van der Waals surface area contributed by atoms with E-state index < -0.39 is 0 Å². The Hall–Kier alpha value is -1.06. The van der Waals surface area contributed by atoms with Crippen molar-refractivity contribution in [1.29, 1.82) is 0 Å². The maximum atomic E-state index is 5.91. The van der Waals surface area contributed by atoms with Crippen LogP contribution in [0.2, 0.25) is 5.02 Å². The van der Waals surface area contributed by atoms with Gasteiger partial charge in [0.2, 0.25) is 0 Å². The van der Waals surface area contributed by atoms with Gasteiger partial charge in [-0.25, -0.2) is 4.98 Å². The number of hydrogen-bond acceptors (Lipinski definition) is 3. The van der Waals surface area contributed by atoms with E-state index >= 15 is 0 Å². The van der Waals surface area contributed by atoms with Crippen molar-refractivity contribution in [3.63, 3.8) is 0 Å². The molecule has 1 heterocycles. The zero-order valence-corrected chi connectivity index (χ0v) is 9.90. The molecule has 2 aromatic rings. The van der Waals surface area contributed by atoms with Gasteiger partial charge in [0.15, 0.2) is 0 Å². The lowest BCUT2D eigenvalue weighted by molar-refractivity contribution is 1.10. The van der Waals surface area contributed by atoms with Gasteiger partial charge in [-0.05, 0) is 18.6 Å². The molecule has 0 radical (unpaired) electrons. The molecule has 15 heavy (non-hydrogen) atoms. The fraction of sp³-hybridized carbons (Fsp3) is 0.182. The lowest BCUT2D eigenvalue weighted by Crippen LogP contribution is -1.85. The molecule has 0 amide bonds. The topological polar surface area (TPSA) is 38.9 Å². The van der Waals surface area contributed by atoms with Crippen LogP contribution >= 0.6 is 22.9 Å². The third kappa shape index (κ3) is 2.13. The molecule has 0 unspecified atom stereocenters. The molecular formula is C11H11ClN2S. The second-order valence-electron chi connectivity index (χ2n) is 3.18. The fourth-order valence-corrected chi connectivity index (χ4v) is 2.26. The first kappa shape index (κ1) is 10.5. The molecule has 0 saturated heterocycles. The third-order valence-electron chi connectivity index (χ3n) is 2.12. The van der Waals surface area contributed by atoms with E-state index in [4.69, 9.17) is 17.3 Å². The van der Waals surface area contributed by atoms with Crippen molar-refractivity contribution in [3.05, 3.63) is 34.3 Å². The average molecular weight is 239 g/mol. The van der Waals surface area contributed by atoms with E-state index in [9.17, 15) is 0 Å². The quantitative estimate of drug-likeness (QED) is 0.868. The SMILES string of the molecule is CCc1nc(-c2ccc(Cl)cc2)c(N)s1. The highest BCUT2D eigenvalue weighted by atomic mass is 35.5. The Morgan fingerprint density at radius 1 is 1.33 bits per heavy atom. The Kier molecular flexibility index (Phi) is 2.93. The highest BCUT2D eigenvalue weighted by Gasteiger charge is 2.08. The van der Waals surface area contributed by atoms with Gasteiger partial charge in [0.05, 0.1) is 5.01 Å².